The topological polar surface area (TPSA) is 139 Å². The van der Waals surface area contributed by atoms with Gasteiger partial charge in [-0.15, -0.1) is 11.8 Å². The van der Waals surface area contributed by atoms with Gasteiger partial charge in [0.25, 0.3) is 16.7 Å². The highest BCUT2D eigenvalue weighted by Gasteiger charge is 2.23. The van der Waals surface area contributed by atoms with Gasteiger partial charge in [-0.2, -0.15) is 0 Å². The molecule has 2 aromatic heterocycles. The molecule has 35 heavy (non-hydrogen) atoms. The number of anilines is 1. The van der Waals surface area contributed by atoms with Crippen molar-refractivity contribution < 1.29 is 24.5 Å². The van der Waals surface area contributed by atoms with Crippen LogP contribution in [-0.2, 0) is 10.5 Å². The van der Waals surface area contributed by atoms with Gasteiger partial charge in [0.2, 0.25) is 5.91 Å². The van der Waals surface area contributed by atoms with Crippen molar-refractivity contribution in [3.05, 3.63) is 64.5 Å². The fourth-order valence-electron chi connectivity index (χ4n) is 3.53. The molecule has 13 heteroatoms. The number of rotatable bonds is 7. The van der Waals surface area contributed by atoms with Crippen LogP contribution >= 0.6 is 23.1 Å². The van der Waals surface area contributed by atoms with Crippen molar-refractivity contribution in [3.63, 3.8) is 0 Å². The Morgan fingerprint density at radius 1 is 1.20 bits per heavy atom. The maximum atomic E-state index is 12.9. The normalized spacial score (nSPS) is 13.5. The van der Waals surface area contributed by atoms with Crippen molar-refractivity contribution in [2.75, 3.05) is 31.5 Å². The highest BCUT2D eigenvalue weighted by Crippen LogP contribution is 2.31. The first-order chi connectivity index (χ1) is 16.8. The Balaban J connectivity index is 1.31. The lowest BCUT2D eigenvalue weighted by atomic mass is 10.1. The molecule has 1 aliphatic rings. The number of hydrogen-bond acceptors (Lipinski definition) is 7. The van der Waals surface area contributed by atoms with Gasteiger partial charge >= 0.3 is 5.69 Å². The molecule has 3 aromatic rings. The Labute approximate surface area is 208 Å². The highest BCUT2D eigenvalue weighted by atomic mass is 32.2. The summed E-state index contributed by atoms with van der Waals surface area (Å²) in [6.45, 7) is 3.67. The molecule has 1 fully saturated rings. The minimum atomic E-state index is -0.487. The summed E-state index contributed by atoms with van der Waals surface area (Å²) in [6, 6.07) is 8.70. The number of carbonyl (C=O) groups is 3. The molecule has 0 spiro atoms. The van der Waals surface area contributed by atoms with E-state index in [-0.39, 0.29) is 28.1 Å². The van der Waals surface area contributed by atoms with E-state index in [0.29, 0.717) is 42.6 Å². The number of aromatic nitrogens is 2. The number of nitrogens with zero attached hydrogens (tertiary/aromatic N) is 4. The van der Waals surface area contributed by atoms with Crippen LogP contribution in [0.25, 0.3) is 0 Å². The van der Waals surface area contributed by atoms with E-state index in [2.05, 4.69) is 15.3 Å². The molecule has 3 heterocycles. The standard InChI is InChI=1S/C22H22N6O5S2/c1-14(29)26-5-7-27(8-6-26)21(31)16-4-2-3-15(9-16)13-34-19-12-24-22(35-19)25-20(30)18-10-17(11-23-18)28(32)33/h2-4,9-12H,5-8,13H2,1H3,(H2-,23,24,25,30,32,33)/p+1. The molecule has 0 aliphatic carbocycles. The second kappa shape index (κ2) is 10.7. The Morgan fingerprint density at radius 3 is 2.63 bits per heavy atom. The van der Waals surface area contributed by atoms with E-state index in [1.807, 2.05) is 18.2 Å². The third-order valence-corrected chi connectivity index (χ3v) is 7.58. The first-order valence-corrected chi connectivity index (χ1v) is 12.5. The second-order valence-electron chi connectivity index (χ2n) is 7.77. The zero-order valence-corrected chi connectivity index (χ0v) is 20.4. The summed E-state index contributed by atoms with van der Waals surface area (Å²) in [4.78, 5) is 57.6. The fourth-order valence-corrected chi connectivity index (χ4v) is 5.34. The van der Waals surface area contributed by atoms with E-state index >= 15 is 0 Å². The maximum Gasteiger partial charge on any atom is 0.334 e. The molecule has 0 atom stereocenters. The van der Waals surface area contributed by atoms with Crippen LogP contribution < -0.4 is 5.32 Å². The van der Waals surface area contributed by atoms with Crippen LogP contribution in [0.3, 0.4) is 0 Å². The molecule has 3 N–H and O–H groups in total. The van der Waals surface area contributed by atoms with Gasteiger partial charge in [-0.05, 0) is 17.7 Å². The van der Waals surface area contributed by atoms with Gasteiger partial charge in [-0.1, -0.05) is 23.5 Å². The number of benzene rings is 1. The van der Waals surface area contributed by atoms with Gasteiger partial charge in [0, 0.05) is 44.4 Å². The summed E-state index contributed by atoms with van der Waals surface area (Å²) >= 11 is 2.83. The Kier molecular flexibility index (Phi) is 7.46. The molecule has 0 bridgehead atoms. The summed E-state index contributed by atoms with van der Waals surface area (Å²) in [5, 5.41) is 11.9. The Morgan fingerprint density at radius 2 is 1.94 bits per heavy atom. The monoisotopic (exact) mass is 515 g/mol. The molecule has 3 amide bonds. The SMILES string of the molecule is CC(=O)N1CCN(C(=O)c2cccc(CSc3cnc(NC(=O)c4cc([N+](=O)O)c[nH]4)s3)c2)CC1. The van der Waals surface area contributed by atoms with Gasteiger partial charge in [0.15, 0.2) is 5.13 Å². The minimum Gasteiger partial charge on any atom is -0.351 e. The van der Waals surface area contributed by atoms with Crippen molar-refractivity contribution in [2.45, 2.75) is 16.9 Å². The Bertz CT molecular complexity index is 1260. The molecule has 1 aromatic carbocycles. The lowest BCUT2D eigenvalue weighted by Crippen LogP contribution is -2.50. The quantitative estimate of drug-likeness (QED) is 0.325. The van der Waals surface area contributed by atoms with E-state index in [0.717, 1.165) is 9.77 Å². The molecule has 0 saturated carbocycles. The van der Waals surface area contributed by atoms with Gasteiger partial charge in [-0.25, -0.2) is 10.2 Å². The number of carbonyl (C=O) groups excluding carboxylic acids is 3. The number of H-pyrrole nitrogens is 1. The molecule has 4 rings (SSSR count). The summed E-state index contributed by atoms with van der Waals surface area (Å²) in [5.41, 5.74) is 1.63. The van der Waals surface area contributed by atoms with Crippen molar-refractivity contribution in [2.24, 2.45) is 0 Å². The maximum absolute atomic E-state index is 12.9. The third kappa shape index (κ3) is 6.05. The molecule has 1 aliphatic heterocycles. The average molecular weight is 516 g/mol. The van der Waals surface area contributed by atoms with Crippen LogP contribution in [0, 0.1) is 4.91 Å². The Hall–Kier alpha value is -3.71. The predicted octanol–water partition coefficient (Wildman–Crippen LogP) is 3.12. The first kappa shape index (κ1) is 24.4. The van der Waals surface area contributed by atoms with Crippen molar-refractivity contribution in [1.82, 2.24) is 19.8 Å². The number of thioether (sulfide) groups is 1. The third-order valence-electron chi connectivity index (χ3n) is 5.41. The number of aromatic amines is 1. The number of piperazine rings is 1. The molecular weight excluding hydrogens is 492 g/mol. The van der Waals surface area contributed by atoms with Crippen LogP contribution in [-0.4, -0.2) is 73.8 Å². The smallest absolute Gasteiger partial charge is 0.334 e. The van der Waals surface area contributed by atoms with Crippen LogP contribution in [0.5, 0.6) is 0 Å². The molecule has 11 nitrogen and oxygen atoms in total. The highest BCUT2D eigenvalue weighted by molar-refractivity contribution is 8.00. The number of nitrogens with one attached hydrogen (secondary N) is 2. The summed E-state index contributed by atoms with van der Waals surface area (Å²) in [5.74, 6) is 0.110. The van der Waals surface area contributed by atoms with Crippen molar-refractivity contribution >= 4 is 51.6 Å². The zero-order valence-electron chi connectivity index (χ0n) is 18.8. The summed E-state index contributed by atoms with van der Waals surface area (Å²) in [6.07, 6.45) is 2.87. The first-order valence-electron chi connectivity index (χ1n) is 10.7. The minimum absolute atomic E-state index is 0.0256. The van der Waals surface area contributed by atoms with Gasteiger partial charge in [0.05, 0.1) is 27.6 Å². The van der Waals surface area contributed by atoms with Crippen LogP contribution in [0.15, 0.2) is 46.9 Å². The van der Waals surface area contributed by atoms with E-state index in [9.17, 15) is 19.3 Å². The molecule has 0 unspecified atom stereocenters. The van der Waals surface area contributed by atoms with E-state index < -0.39 is 5.91 Å². The fraction of sp³-hybridized carbons (Fsp3) is 0.273. The average Bonchev–Trinajstić information content (AvgIpc) is 3.53. The largest absolute Gasteiger partial charge is 0.351 e. The number of hydrogen-bond donors (Lipinski definition) is 3. The van der Waals surface area contributed by atoms with Crippen LogP contribution in [0.1, 0.15) is 33.3 Å². The van der Waals surface area contributed by atoms with Crippen molar-refractivity contribution in [3.8, 4) is 0 Å². The zero-order chi connectivity index (χ0) is 24.9. The molecule has 182 valence electrons. The molecule has 0 radical (unpaired) electrons. The number of thiazole rings is 1. The number of amides is 3. The van der Waals surface area contributed by atoms with Crippen molar-refractivity contribution in [1.29, 1.82) is 0 Å². The van der Waals surface area contributed by atoms with E-state index in [4.69, 9.17) is 5.21 Å². The van der Waals surface area contributed by atoms with Gasteiger partial charge in [-0.3, -0.25) is 19.7 Å². The van der Waals surface area contributed by atoms with Gasteiger partial charge < -0.3 is 14.8 Å². The van der Waals surface area contributed by atoms with Crippen LogP contribution in [0.4, 0.5) is 10.8 Å². The molecule has 1 saturated heterocycles. The van der Waals surface area contributed by atoms with Crippen LogP contribution in [0.2, 0.25) is 0 Å². The summed E-state index contributed by atoms with van der Waals surface area (Å²) in [7, 11) is 0. The predicted molar refractivity (Wildman–Crippen MR) is 130 cm³/mol. The summed E-state index contributed by atoms with van der Waals surface area (Å²) < 4.78 is 0.880. The van der Waals surface area contributed by atoms with Gasteiger partial charge in [0.1, 0.15) is 5.69 Å². The van der Waals surface area contributed by atoms with E-state index in [1.165, 1.54) is 42.3 Å². The molecular formula is C22H23N6O5S2+. The lowest BCUT2D eigenvalue weighted by Gasteiger charge is -2.34. The second-order valence-corrected chi connectivity index (χ2v) is 10.1. The lowest BCUT2D eigenvalue weighted by molar-refractivity contribution is -0.729. The van der Waals surface area contributed by atoms with E-state index in [1.54, 1.807) is 22.1 Å².